The number of halogens is 1. The molecule has 1 nitrogen and oxygen atoms in total. The van der Waals surface area contributed by atoms with Crippen LogP contribution in [0.4, 0.5) is 4.39 Å². The highest BCUT2D eigenvalue weighted by molar-refractivity contribution is 4.64. The van der Waals surface area contributed by atoms with Crippen molar-refractivity contribution in [2.45, 2.75) is 26.4 Å². The third-order valence-corrected chi connectivity index (χ3v) is 1.66. The van der Waals surface area contributed by atoms with E-state index in [0.717, 1.165) is 6.42 Å². The maximum absolute atomic E-state index is 12.7. The van der Waals surface area contributed by atoms with Crippen molar-refractivity contribution < 1.29 is 4.39 Å². The Labute approximate surface area is 56.6 Å². The minimum atomic E-state index is -0.681. The van der Waals surface area contributed by atoms with Gasteiger partial charge in [0.05, 0.1) is 0 Å². The number of hydrogen-bond acceptors (Lipinski definition) is 1. The fourth-order valence-corrected chi connectivity index (χ4v) is 0.652. The highest BCUT2D eigenvalue weighted by atomic mass is 19.1. The molecule has 2 heteroatoms. The molecule has 0 aliphatic heterocycles. The van der Waals surface area contributed by atoms with Gasteiger partial charge in [0.25, 0.3) is 0 Å². The average molecular weight is 133 g/mol. The van der Waals surface area contributed by atoms with Crippen LogP contribution in [-0.4, -0.2) is 19.8 Å². The van der Waals surface area contributed by atoms with Gasteiger partial charge in [-0.25, -0.2) is 4.39 Å². The van der Waals surface area contributed by atoms with Crippen LogP contribution in [0.2, 0.25) is 0 Å². The predicted octanol–water partition coefficient (Wildman–Crippen LogP) is 1.59. The SMILES string of the molecule is CC[C@@H](C)[C@@H](F)CNC. The van der Waals surface area contributed by atoms with E-state index in [9.17, 15) is 4.39 Å². The van der Waals surface area contributed by atoms with Crippen molar-refractivity contribution in [1.29, 1.82) is 0 Å². The van der Waals surface area contributed by atoms with E-state index in [2.05, 4.69) is 5.32 Å². The quantitative estimate of drug-likeness (QED) is 0.614. The smallest absolute Gasteiger partial charge is 0.115 e. The topological polar surface area (TPSA) is 12.0 Å². The van der Waals surface area contributed by atoms with E-state index < -0.39 is 6.17 Å². The van der Waals surface area contributed by atoms with Gasteiger partial charge in [-0.05, 0) is 13.0 Å². The number of alkyl halides is 1. The largest absolute Gasteiger partial charge is 0.317 e. The van der Waals surface area contributed by atoms with Crippen molar-refractivity contribution in [3.05, 3.63) is 0 Å². The lowest BCUT2D eigenvalue weighted by Gasteiger charge is -2.13. The molecule has 0 saturated carbocycles. The molecule has 9 heavy (non-hydrogen) atoms. The van der Waals surface area contributed by atoms with Crippen LogP contribution in [0.5, 0.6) is 0 Å². The predicted molar refractivity (Wildman–Crippen MR) is 38.3 cm³/mol. The number of hydrogen-bond donors (Lipinski definition) is 1. The Morgan fingerprint density at radius 2 is 2.11 bits per heavy atom. The maximum atomic E-state index is 12.7. The first kappa shape index (κ1) is 8.89. The van der Waals surface area contributed by atoms with Gasteiger partial charge < -0.3 is 5.32 Å². The van der Waals surface area contributed by atoms with Crippen molar-refractivity contribution >= 4 is 0 Å². The lowest BCUT2D eigenvalue weighted by atomic mass is 10.0. The van der Waals surface area contributed by atoms with E-state index in [1.54, 1.807) is 7.05 Å². The van der Waals surface area contributed by atoms with E-state index >= 15 is 0 Å². The first-order valence-corrected chi connectivity index (χ1v) is 3.51. The molecule has 0 saturated heterocycles. The van der Waals surface area contributed by atoms with E-state index in [1.807, 2.05) is 13.8 Å². The molecule has 0 aromatic carbocycles. The molecule has 0 aliphatic rings. The minimum absolute atomic E-state index is 0.192. The zero-order chi connectivity index (χ0) is 7.28. The molecule has 0 bridgehead atoms. The summed E-state index contributed by atoms with van der Waals surface area (Å²) in [6.07, 6.45) is 0.239. The fourth-order valence-electron chi connectivity index (χ4n) is 0.652. The molecule has 1 N–H and O–H groups in total. The Bertz CT molecular complexity index is 65.9. The molecule has 0 aromatic heterocycles. The molecule has 0 fully saturated rings. The van der Waals surface area contributed by atoms with Gasteiger partial charge in [-0.1, -0.05) is 20.3 Å². The first-order chi connectivity index (χ1) is 4.22. The Kier molecular flexibility index (Phi) is 4.68. The lowest BCUT2D eigenvalue weighted by molar-refractivity contribution is 0.233. The van der Waals surface area contributed by atoms with Crippen molar-refractivity contribution in [2.24, 2.45) is 5.92 Å². The summed E-state index contributed by atoms with van der Waals surface area (Å²) in [7, 11) is 1.77. The van der Waals surface area contributed by atoms with Crippen LogP contribution in [-0.2, 0) is 0 Å². The van der Waals surface area contributed by atoms with Crippen LogP contribution in [0.25, 0.3) is 0 Å². The van der Waals surface area contributed by atoms with Crippen LogP contribution in [0.1, 0.15) is 20.3 Å². The summed E-state index contributed by atoms with van der Waals surface area (Å²) < 4.78 is 12.7. The van der Waals surface area contributed by atoms with Gasteiger partial charge in [0, 0.05) is 6.54 Å². The average Bonchev–Trinajstić information content (AvgIpc) is 1.87. The zero-order valence-corrected chi connectivity index (χ0v) is 6.45. The zero-order valence-electron chi connectivity index (χ0n) is 6.45. The van der Waals surface area contributed by atoms with Crippen LogP contribution in [0.15, 0.2) is 0 Å². The molecule has 0 radical (unpaired) electrons. The van der Waals surface area contributed by atoms with E-state index in [4.69, 9.17) is 0 Å². The van der Waals surface area contributed by atoms with Crippen LogP contribution >= 0.6 is 0 Å². The lowest BCUT2D eigenvalue weighted by Crippen LogP contribution is -2.25. The summed E-state index contributed by atoms with van der Waals surface area (Å²) >= 11 is 0. The van der Waals surface area contributed by atoms with Gasteiger partial charge in [-0.15, -0.1) is 0 Å². The van der Waals surface area contributed by atoms with Gasteiger partial charge in [-0.3, -0.25) is 0 Å². The Balaban J connectivity index is 3.32. The summed E-state index contributed by atoms with van der Waals surface area (Å²) in [5.74, 6) is 0.192. The second-order valence-electron chi connectivity index (χ2n) is 2.46. The van der Waals surface area contributed by atoms with E-state index in [1.165, 1.54) is 0 Å². The highest BCUT2D eigenvalue weighted by Gasteiger charge is 2.11. The van der Waals surface area contributed by atoms with Gasteiger partial charge in [0.2, 0.25) is 0 Å². The third kappa shape index (κ3) is 3.46. The first-order valence-electron chi connectivity index (χ1n) is 3.51. The van der Waals surface area contributed by atoms with Crippen molar-refractivity contribution in [1.82, 2.24) is 5.32 Å². The normalized spacial score (nSPS) is 17.3. The van der Waals surface area contributed by atoms with Gasteiger partial charge in [0.15, 0.2) is 0 Å². The molecular formula is C7H16FN. The summed E-state index contributed by atoms with van der Waals surface area (Å²) in [4.78, 5) is 0. The van der Waals surface area contributed by atoms with Crippen molar-refractivity contribution in [3.63, 3.8) is 0 Å². The standard InChI is InChI=1S/C7H16FN/c1-4-6(2)7(8)5-9-3/h6-7,9H,4-5H2,1-3H3/t6-,7+/m1/s1. The summed E-state index contributed by atoms with van der Waals surface area (Å²) in [6.45, 7) is 4.42. The van der Waals surface area contributed by atoms with E-state index in [0.29, 0.717) is 6.54 Å². The van der Waals surface area contributed by atoms with Gasteiger partial charge in [0.1, 0.15) is 6.17 Å². The Hall–Kier alpha value is -0.110. The Morgan fingerprint density at radius 3 is 2.44 bits per heavy atom. The van der Waals surface area contributed by atoms with Gasteiger partial charge >= 0.3 is 0 Å². The summed E-state index contributed by atoms with van der Waals surface area (Å²) in [6, 6.07) is 0. The van der Waals surface area contributed by atoms with Crippen molar-refractivity contribution in [3.8, 4) is 0 Å². The second-order valence-corrected chi connectivity index (χ2v) is 2.46. The molecule has 0 heterocycles. The van der Waals surface area contributed by atoms with Crippen LogP contribution in [0, 0.1) is 5.92 Å². The number of rotatable bonds is 4. The summed E-state index contributed by atoms with van der Waals surface area (Å²) in [5, 5.41) is 2.81. The third-order valence-electron chi connectivity index (χ3n) is 1.66. The van der Waals surface area contributed by atoms with Gasteiger partial charge in [-0.2, -0.15) is 0 Å². The molecule has 0 rings (SSSR count). The van der Waals surface area contributed by atoms with Crippen LogP contribution < -0.4 is 5.32 Å². The highest BCUT2D eigenvalue weighted by Crippen LogP contribution is 2.09. The Morgan fingerprint density at radius 1 is 1.56 bits per heavy atom. The molecule has 0 spiro atoms. The monoisotopic (exact) mass is 133 g/mol. The fraction of sp³-hybridized carbons (Fsp3) is 1.00. The van der Waals surface area contributed by atoms with Crippen LogP contribution in [0.3, 0.4) is 0 Å². The molecular weight excluding hydrogens is 117 g/mol. The van der Waals surface area contributed by atoms with E-state index in [-0.39, 0.29) is 5.92 Å². The molecule has 56 valence electrons. The molecule has 2 atom stereocenters. The molecule has 0 unspecified atom stereocenters. The van der Waals surface area contributed by atoms with Crippen molar-refractivity contribution in [2.75, 3.05) is 13.6 Å². The summed E-state index contributed by atoms with van der Waals surface area (Å²) in [5.41, 5.74) is 0. The number of nitrogens with one attached hydrogen (secondary N) is 1. The second kappa shape index (κ2) is 4.74. The molecule has 0 aliphatic carbocycles. The molecule has 0 aromatic rings. The maximum Gasteiger partial charge on any atom is 0.115 e. The molecule has 0 amide bonds. The minimum Gasteiger partial charge on any atom is -0.317 e.